The number of aliphatic hydroxyl groups excluding tert-OH is 1. The second kappa shape index (κ2) is 5.75. The quantitative estimate of drug-likeness (QED) is 0.711. The van der Waals surface area contributed by atoms with Gasteiger partial charge in [-0.1, -0.05) is 25.2 Å². The van der Waals surface area contributed by atoms with Crippen molar-refractivity contribution in [2.24, 2.45) is 5.41 Å². The number of benzene rings is 1. The van der Waals surface area contributed by atoms with E-state index in [-0.39, 0.29) is 12.0 Å². The second-order valence-corrected chi connectivity index (χ2v) is 6.00. The summed E-state index contributed by atoms with van der Waals surface area (Å²) in [5.74, 6) is 0. The van der Waals surface area contributed by atoms with E-state index in [1.165, 1.54) is 0 Å². The molecule has 1 aromatic carbocycles. The Morgan fingerprint density at radius 1 is 1.37 bits per heavy atom. The minimum atomic E-state index is -0.0586. The minimum absolute atomic E-state index is 0.0586. The summed E-state index contributed by atoms with van der Waals surface area (Å²) < 4.78 is 1.09. The Morgan fingerprint density at radius 3 is 2.74 bits per heavy atom. The molecule has 4 N–H and O–H groups in total. The maximum atomic E-state index is 9.56. The predicted molar refractivity (Wildman–Crippen MR) is 82.6 cm³/mol. The molecule has 0 saturated carbocycles. The van der Waals surface area contributed by atoms with E-state index in [1.54, 1.807) is 11.3 Å². The van der Waals surface area contributed by atoms with Gasteiger partial charge in [0, 0.05) is 17.6 Å². The van der Waals surface area contributed by atoms with Gasteiger partial charge in [-0.3, -0.25) is 0 Å². The van der Waals surface area contributed by atoms with E-state index in [0.29, 0.717) is 0 Å². The molecule has 0 spiro atoms. The molecule has 0 bridgehead atoms. The number of rotatable bonds is 6. The monoisotopic (exact) mass is 279 g/mol. The van der Waals surface area contributed by atoms with Crippen molar-refractivity contribution in [3.8, 4) is 0 Å². The van der Waals surface area contributed by atoms with Gasteiger partial charge in [0.2, 0.25) is 0 Å². The van der Waals surface area contributed by atoms with Crippen LogP contribution in [0.2, 0.25) is 0 Å². The molecule has 1 heterocycles. The molecule has 0 aliphatic carbocycles. The normalized spacial score (nSPS) is 11.9. The van der Waals surface area contributed by atoms with Gasteiger partial charge in [0.05, 0.1) is 16.8 Å². The van der Waals surface area contributed by atoms with Gasteiger partial charge in [-0.15, -0.1) is 0 Å². The summed E-state index contributed by atoms with van der Waals surface area (Å²) in [5, 5.41) is 13.8. The summed E-state index contributed by atoms with van der Waals surface area (Å²) in [7, 11) is 0. The van der Waals surface area contributed by atoms with Crippen LogP contribution in [0.25, 0.3) is 10.2 Å². The van der Waals surface area contributed by atoms with E-state index in [1.807, 2.05) is 18.2 Å². The number of hydrogen-bond acceptors (Lipinski definition) is 5. The summed E-state index contributed by atoms with van der Waals surface area (Å²) >= 11 is 1.60. The number of anilines is 2. The smallest absolute Gasteiger partial charge is 0.183 e. The van der Waals surface area contributed by atoms with Crippen LogP contribution in [0.5, 0.6) is 0 Å². The summed E-state index contributed by atoms with van der Waals surface area (Å²) in [6, 6.07) is 5.74. The Labute approximate surface area is 117 Å². The molecule has 2 aromatic rings. The minimum Gasteiger partial charge on any atom is -0.399 e. The molecule has 19 heavy (non-hydrogen) atoms. The summed E-state index contributed by atoms with van der Waals surface area (Å²) in [6.07, 6.45) is 1.90. The fourth-order valence-corrected chi connectivity index (χ4v) is 2.97. The zero-order valence-electron chi connectivity index (χ0n) is 11.4. The van der Waals surface area contributed by atoms with Gasteiger partial charge in [0.25, 0.3) is 0 Å². The Morgan fingerprint density at radius 2 is 2.11 bits per heavy atom. The van der Waals surface area contributed by atoms with E-state index < -0.39 is 0 Å². The van der Waals surface area contributed by atoms with Gasteiger partial charge in [-0.25, -0.2) is 4.98 Å². The van der Waals surface area contributed by atoms with Crippen LogP contribution in [0.3, 0.4) is 0 Å². The van der Waals surface area contributed by atoms with Crippen LogP contribution in [0, 0.1) is 5.41 Å². The number of nitrogens with one attached hydrogen (secondary N) is 1. The first-order valence-electron chi connectivity index (χ1n) is 6.63. The number of nitrogen functional groups attached to an aromatic ring is 1. The zero-order chi connectivity index (χ0) is 13.9. The Bertz CT molecular complexity index is 540. The highest BCUT2D eigenvalue weighted by Crippen LogP contribution is 2.30. The molecule has 1 aromatic heterocycles. The van der Waals surface area contributed by atoms with Crippen LogP contribution < -0.4 is 11.1 Å². The fraction of sp³-hybridized carbons (Fsp3) is 0.500. The summed E-state index contributed by atoms with van der Waals surface area (Å²) in [5.41, 5.74) is 7.43. The topological polar surface area (TPSA) is 71.2 Å². The van der Waals surface area contributed by atoms with Gasteiger partial charge >= 0.3 is 0 Å². The van der Waals surface area contributed by atoms with Crippen LogP contribution in [0.4, 0.5) is 10.8 Å². The van der Waals surface area contributed by atoms with Crippen molar-refractivity contribution >= 4 is 32.4 Å². The number of aromatic nitrogens is 1. The lowest BCUT2D eigenvalue weighted by molar-refractivity contribution is 0.127. The van der Waals surface area contributed by atoms with E-state index in [2.05, 4.69) is 24.1 Å². The third-order valence-corrected chi connectivity index (χ3v) is 4.84. The van der Waals surface area contributed by atoms with Crippen molar-refractivity contribution in [3.63, 3.8) is 0 Å². The molecule has 0 aliphatic heterocycles. The standard InChI is InChI=1S/C14H21N3OS/c1-3-14(4-2,9-18)8-16-13-17-11-6-5-10(15)7-12(11)19-13/h5-7,18H,3-4,8-9,15H2,1-2H3,(H,16,17). The van der Waals surface area contributed by atoms with E-state index >= 15 is 0 Å². The Kier molecular flexibility index (Phi) is 4.27. The number of hydrogen-bond donors (Lipinski definition) is 3. The van der Waals surface area contributed by atoms with Crippen molar-refractivity contribution in [1.29, 1.82) is 0 Å². The number of nitrogens with two attached hydrogens (primary N) is 1. The molecular weight excluding hydrogens is 258 g/mol. The number of fused-ring (bicyclic) bond motifs is 1. The molecule has 2 rings (SSSR count). The highest BCUT2D eigenvalue weighted by Gasteiger charge is 2.25. The SMILES string of the molecule is CCC(CC)(CO)CNc1nc2ccc(N)cc2s1. The largest absolute Gasteiger partial charge is 0.399 e. The maximum Gasteiger partial charge on any atom is 0.183 e. The highest BCUT2D eigenvalue weighted by atomic mass is 32.1. The summed E-state index contributed by atoms with van der Waals surface area (Å²) in [4.78, 5) is 4.53. The van der Waals surface area contributed by atoms with Crippen molar-refractivity contribution in [1.82, 2.24) is 4.98 Å². The number of nitrogens with zero attached hydrogens (tertiary/aromatic N) is 1. The van der Waals surface area contributed by atoms with Crippen LogP contribution >= 0.6 is 11.3 Å². The van der Waals surface area contributed by atoms with Crippen LogP contribution in [0.15, 0.2) is 18.2 Å². The van der Waals surface area contributed by atoms with Gasteiger partial charge in [0.1, 0.15) is 0 Å². The maximum absolute atomic E-state index is 9.56. The Hall–Kier alpha value is -1.33. The van der Waals surface area contributed by atoms with Crippen LogP contribution in [-0.4, -0.2) is 23.2 Å². The fourth-order valence-electron chi connectivity index (χ4n) is 2.06. The van der Waals surface area contributed by atoms with E-state index in [9.17, 15) is 5.11 Å². The van der Waals surface area contributed by atoms with E-state index in [4.69, 9.17) is 5.73 Å². The first-order chi connectivity index (χ1) is 9.12. The second-order valence-electron chi connectivity index (χ2n) is 4.96. The molecular formula is C14H21N3OS. The number of aliphatic hydroxyl groups is 1. The molecule has 0 aliphatic rings. The third-order valence-electron chi connectivity index (χ3n) is 3.86. The van der Waals surface area contributed by atoms with Crippen LogP contribution in [0.1, 0.15) is 26.7 Å². The molecule has 0 radical (unpaired) electrons. The van der Waals surface area contributed by atoms with E-state index in [0.717, 1.165) is 40.4 Å². The van der Waals surface area contributed by atoms with Crippen molar-refractivity contribution in [2.75, 3.05) is 24.2 Å². The van der Waals surface area contributed by atoms with Crippen LogP contribution in [-0.2, 0) is 0 Å². The highest BCUT2D eigenvalue weighted by molar-refractivity contribution is 7.22. The van der Waals surface area contributed by atoms with Gasteiger partial charge in [-0.2, -0.15) is 0 Å². The van der Waals surface area contributed by atoms with Crippen molar-refractivity contribution < 1.29 is 5.11 Å². The molecule has 0 unspecified atom stereocenters. The molecule has 5 heteroatoms. The lowest BCUT2D eigenvalue weighted by atomic mass is 9.83. The molecule has 4 nitrogen and oxygen atoms in total. The molecule has 0 saturated heterocycles. The Balaban J connectivity index is 2.13. The van der Waals surface area contributed by atoms with Gasteiger partial charge < -0.3 is 16.2 Å². The average molecular weight is 279 g/mol. The molecule has 0 amide bonds. The average Bonchev–Trinajstić information content (AvgIpc) is 2.83. The molecule has 0 fully saturated rings. The van der Waals surface area contributed by atoms with Gasteiger partial charge in [0.15, 0.2) is 5.13 Å². The first-order valence-corrected chi connectivity index (χ1v) is 7.45. The lowest BCUT2D eigenvalue weighted by Gasteiger charge is -2.29. The molecule has 0 atom stereocenters. The third kappa shape index (κ3) is 2.98. The predicted octanol–water partition coefficient (Wildman–Crippen LogP) is 3.09. The first kappa shape index (κ1) is 14.1. The van der Waals surface area contributed by atoms with Gasteiger partial charge in [-0.05, 0) is 31.0 Å². The summed E-state index contributed by atoms with van der Waals surface area (Å²) in [6.45, 7) is 5.16. The number of thiazole rings is 1. The lowest BCUT2D eigenvalue weighted by Crippen LogP contribution is -2.32. The molecule has 104 valence electrons. The zero-order valence-corrected chi connectivity index (χ0v) is 12.3. The van der Waals surface area contributed by atoms with Crippen molar-refractivity contribution in [2.45, 2.75) is 26.7 Å². The van der Waals surface area contributed by atoms with Crippen molar-refractivity contribution in [3.05, 3.63) is 18.2 Å².